The molecule has 1 saturated carbocycles. The predicted octanol–water partition coefficient (Wildman–Crippen LogP) is 7.51. The van der Waals surface area contributed by atoms with Crippen molar-refractivity contribution in [2.45, 2.75) is 40.5 Å². The van der Waals surface area contributed by atoms with Crippen LogP contribution >= 0.6 is 15.8 Å². The molecule has 0 spiro atoms. The van der Waals surface area contributed by atoms with Crippen molar-refractivity contribution < 1.29 is 0 Å². The maximum Gasteiger partial charge on any atom is -0.0195 e. The summed E-state index contributed by atoms with van der Waals surface area (Å²) in [5.74, 6) is 1.64. The number of hydrogen-bond donors (Lipinski definition) is 0. The molecule has 0 amide bonds. The van der Waals surface area contributed by atoms with Crippen LogP contribution in [0.25, 0.3) is 0 Å². The molecule has 1 aliphatic rings. The molecule has 0 saturated heterocycles. The lowest BCUT2D eigenvalue weighted by Crippen LogP contribution is -2.34. The largest absolute Gasteiger partial charge is 0.0587 e. The third-order valence-electron chi connectivity index (χ3n) is 7.79. The normalized spacial score (nSPS) is 17.4. The molecule has 1 fully saturated rings. The Balaban J connectivity index is 1.39. The zero-order valence-corrected chi connectivity index (χ0v) is 23.9. The lowest BCUT2D eigenvalue weighted by molar-refractivity contribution is 0.228. The fraction of sp³-hybridized carbons (Fsp3) is 0.294. The van der Waals surface area contributed by atoms with Crippen LogP contribution in [0.4, 0.5) is 0 Å². The van der Waals surface area contributed by atoms with Crippen LogP contribution < -0.4 is 21.2 Å². The van der Waals surface area contributed by atoms with E-state index in [0.717, 1.165) is 11.8 Å². The van der Waals surface area contributed by atoms with Gasteiger partial charge in [-0.15, -0.1) is 0 Å². The van der Waals surface area contributed by atoms with Crippen molar-refractivity contribution in [2.24, 2.45) is 11.8 Å². The van der Waals surface area contributed by atoms with E-state index in [1.807, 2.05) is 0 Å². The number of aryl methyl sites for hydroxylation is 4. The smallest absolute Gasteiger partial charge is 0.0195 e. The quantitative estimate of drug-likeness (QED) is 0.216. The van der Waals surface area contributed by atoms with Crippen molar-refractivity contribution in [1.29, 1.82) is 0 Å². The van der Waals surface area contributed by atoms with Crippen LogP contribution in [-0.2, 0) is 0 Å². The summed E-state index contributed by atoms with van der Waals surface area (Å²) in [6.07, 6.45) is 5.40. The molecule has 36 heavy (non-hydrogen) atoms. The van der Waals surface area contributed by atoms with Gasteiger partial charge in [-0.1, -0.05) is 119 Å². The number of rotatable bonds is 8. The number of benzene rings is 4. The van der Waals surface area contributed by atoms with Gasteiger partial charge in [0.1, 0.15) is 0 Å². The van der Waals surface area contributed by atoms with Gasteiger partial charge < -0.3 is 0 Å². The van der Waals surface area contributed by atoms with Crippen LogP contribution in [-0.4, -0.2) is 12.3 Å². The molecule has 1 aliphatic carbocycles. The summed E-state index contributed by atoms with van der Waals surface area (Å²) in [5, 5.41) is 6.13. The van der Waals surface area contributed by atoms with Crippen LogP contribution in [0.15, 0.2) is 97.1 Å². The second kappa shape index (κ2) is 11.4. The zero-order valence-electron chi connectivity index (χ0n) is 22.1. The second-order valence-electron chi connectivity index (χ2n) is 10.7. The molecule has 4 aromatic rings. The molecule has 0 heterocycles. The minimum atomic E-state index is -0.331. The molecule has 0 aromatic heterocycles. The number of hydrogen-bond acceptors (Lipinski definition) is 0. The SMILES string of the molecule is Cc1ccc(P(C[C@@H]2CC[C@H]2CP(c2ccc(C)cc2)c2ccc(C)cc2)c2ccc(C)cc2)cc1. The summed E-state index contributed by atoms with van der Waals surface area (Å²) in [7, 11) is -0.662. The second-order valence-corrected chi connectivity index (χ2v) is 15.2. The van der Waals surface area contributed by atoms with Gasteiger partial charge in [0.2, 0.25) is 0 Å². The first kappa shape index (κ1) is 25.4. The molecule has 0 unspecified atom stereocenters. The summed E-state index contributed by atoms with van der Waals surface area (Å²) in [5.41, 5.74) is 5.39. The van der Waals surface area contributed by atoms with Crippen LogP contribution in [0.2, 0.25) is 0 Å². The summed E-state index contributed by atoms with van der Waals surface area (Å²) in [6, 6.07) is 37.5. The summed E-state index contributed by atoms with van der Waals surface area (Å²) >= 11 is 0. The molecule has 0 N–H and O–H groups in total. The van der Waals surface area contributed by atoms with Crippen LogP contribution in [0.5, 0.6) is 0 Å². The maximum atomic E-state index is 2.39. The van der Waals surface area contributed by atoms with E-state index in [9.17, 15) is 0 Å². The van der Waals surface area contributed by atoms with E-state index in [4.69, 9.17) is 0 Å². The lowest BCUT2D eigenvalue weighted by Gasteiger charge is -2.41. The highest BCUT2D eigenvalue weighted by Crippen LogP contribution is 2.49. The lowest BCUT2D eigenvalue weighted by atomic mass is 9.76. The van der Waals surface area contributed by atoms with E-state index < -0.39 is 0 Å². The molecule has 5 rings (SSSR count). The predicted molar refractivity (Wildman–Crippen MR) is 163 cm³/mol. The van der Waals surface area contributed by atoms with E-state index >= 15 is 0 Å². The van der Waals surface area contributed by atoms with Gasteiger partial charge in [-0.25, -0.2) is 0 Å². The van der Waals surface area contributed by atoms with Crippen molar-refractivity contribution in [3.05, 3.63) is 119 Å². The highest BCUT2D eigenvalue weighted by Gasteiger charge is 2.35. The average Bonchev–Trinajstić information content (AvgIpc) is 2.87. The van der Waals surface area contributed by atoms with Gasteiger partial charge in [-0.05, 0) is 102 Å². The fourth-order valence-corrected chi connectivity index (χ4v) is 10.6. The molecule has 2 heteroatoms. The third kappa shape index (κ3) is 5.99. The van der Waals surface area contributed by atoms with E-state index in [1.54, 1.807) is 0 Å². The standard InChI is InChI=1S/C34H38P2/c1-25-5-15-31(16-6-25)35(32-17-7-26(2)8-18-32)23-29-13-14-30(29)24-36(33-19-9-27(3)10-20-33)34-21-11-28(4)12-22-34/h5-12,15-22,29-30H,13-14,23-24H2,1-4H3/t29-,30-/m0/s1. The van der Waals surface area contributed by atoms with Gasteiger partial charge in [-0.2, -0.15) is 0 Å². The average molecular weight is 509 g/mol. The molecule has 0 radical (unpaired) electrons. The zero-order chi connectivity index (χ0) is 25.1. The Morgan fingerprint density at radius 2 is 0.639 bits per heavy atom. The van der Waals surface area contributed by atoms with Gasteiger partial charge in [0.05, 0.1) is 0 Å². The molecular weight excluding hydrogens is 470 g/mol. The maximum absolute atomic E-state index is 2.39. The van der Waals surface area contributed by atoms with Crippen molar-refractivity contribution in [2.75, 3.05) is 12.3 Å². The molecular formula is C34H38P2. The van der Waals surface area contributed by atoms with Crippen LogP contribution in [0, 0.1) is 39.5 Å². The van der Waals surface area contributed by atoms with Crippen molar-refractivity contribution in [1.82, 2.24) is 0 Å². The van der Waals surface area contributed by atoms with Crippen molar-refractivity contribution in [3.8, 4) is 0 Å². The summed E-state index contributed by atoms with van der Waals surface area (Å²) in [6.45, 7) is 8.77. The van der Waals surface area contributed by atoms with E-state index in [1.165, 1.54) is 68.6 Å². The van der Waals surface area contributed by atoms with Crippen molar-refractivity contribution in [3.63, 3.8) is 0 Å². The van der Waals surface area contributed by atoms with Crippen LogP contribution in [0.1, 0.15) is 35.1 Å². The molecule has 2 atom stereocenters. The van der Waals surface area contributed by atoms with E-state index in [2.05, 4.69) is 125 Å². The summed E-state index contributed by atoms with van der Waals surface area (Å²) in [4.78, 5) is 0. The van der Waals surface area contributed by atoms with E-state index in [0.29, 0.717) is 0 Å². The Morgan fingerprint density at radius 1 is 0.417 bits per heavy atom. The van der Waals surface area contributed by atoms with Gasteiger partial charge in [0.15, 0.2) is 0 Å². The Bertz CT molecular complexity index is 1060. The third-order valence-corrected chi connectivity index (χ3v) is 13.1. The minimum Gasteiger partial charge on any atom is -0.0587 e. The van der Waals surface area contributed by atoms with E-state index in [-0.39, 0.29) is 15.8 Å². The molecule has 0 nitrogen and oxygen atoms in total. The topological polar surface area (TPSA) is 0 Å². The molecule has 0 bridgehead atoms. The Labute approximate surface area is 220 Å². The first-order chi connectivity index (χ1) is 17.5. The first-order valence-corrected chi connectivity index (χ1v) is 16.3. The molecule has 184 valence electrons. The van der Waals surface area contributed by atoms with Crippen LogP contribution in [0.3, 0.4) is 0 Å². The Kier molecular flexibility index (Phi) is 8.06. The van der Waals surface area contributed by atoms with Gasteiger partial charge in [0.25, 0.3) is 0 Å². The van der Waals surface area contributed by atoms with Gasteiger partial charge >= 0.3 is 0 Å². The molecule has 4 aromatic carbocycles. The monoisotopic (exact) mass is 508 g/mol. The van der Waals surface area contributed by atoms with Gasteiger partial charge in [-0.3, -0.25) is 0 Å². The minimum absolute atomic E-state index is 0.331. The Hall–Kier alpha value is -2.26. The Morgan fingerprint density at radius 3 is 0.833 bits per heavy atom. The highest BCUT2D eigenvalue weighted by atomic mass is 31.1. The van der Waals surface area contributed by atoms with Gasteiger partial charge in [0, 0.05) is 0 Å². The van der Waals surface area contributed by atoms with Crippen molar-refractivity contribution >= 4 is 37.1 Å². The fourth-order valence-electron chi connectivity index (χ4n) is 5.21. The molecule has 0 aliphatic heterocycles. The summed E-state index contributed by atoms with van der Waals surface area (Å²) < 4.78 is 0. The highest BCUT2D eigenvalue weighted by molar-refractivity contribution is 7.73. The first-order valence-electron chi connectivity index (χ1n) is 13.3.